The SMILES string of the molecule is Cc1nc(C)c(C(=O)c2ccc3ccccc3c2)s1. The first-order chi connectivity index (χ1) is 9.15. The van der Waals surface area contributed by atoms with Gasteiger partial charge >= 0.3 is 0 Å². The third kappa shape index (κ3) is 2.17. The van der Waals surface area contributed by atoms with Gasteiger partial charge in [0, 0.05) is 5.56 Å². The second kappa shape index (κ2) is 4.59. The Morgan fingerprint density at radius 2 is 1.79 bits per heavy atom. The van der Waals surface area contributed by atoms with E-state index in [-0.39, 0.29) is 5.78 Å². The van der Waals surface area contributed by atoms with Crippen LogP contribution in [-0.2, 0) is 0 Å². The lowest BCUT2D eigenvalue weighted by Gasteiger charge is -2.02. The van der Waals surface area contributed by atoms with Crippen molar-refractivity contribution in [1.29, 1.82) is 0 Å². The summed E-state index contributed by atoms with van der Waals surface area (Å²) in [4.78, 5) is 17.6. The van der Waals surface area contributed by atoms with Crippen LogP contribution < -0.4 is 0 Å². The lowest BCUT2D eigenvalue weighted by molar-refractivity contribution is 0.104. The maximum absolute atomic E-state index is 12.5. The van der Waals surface area contributed by atoms with Gasteiger partial charge in [0.05, 0.1) is 15.6 Å². The predicted molar refractivity (Wildman–Crippen MR) is 79.0 cm³/mol. The van der Waals surface area contributed by atoms with Crippen LogP contribution in [0.5, 0.6) is 0 Å². The van der Waals surface area contributed by atoms with Crippen molar-refractivity contribution in [3.8, 4) is 0 Å². The van der Waals surface area contributed by atoms with Crippen molar-refractivity contribution in [2.75, 3.05) is 0 Å². The van der Waals surface area contributed by atoms with Gasteiger partial charge in [-0.05, 0) is 30.7 Å². The van der Waals surface area contributed by atoms with Crippen molar-refractivity contribution >= 4 is 27.9 Å². The molecular formula is C16H13NOS. The topological polar surface area (TPSA) is 30.0 Å². The Balaban J connectivity index is 2.09. The Bertz CT molecular complexity index is 773. The molecule has 2 nitrogen and oxygen atoms in total. The number of aryl methyl sites for hydroxylation is 2. The van der Waals surface area contributed by atoms with Crippen molar-refractivity contribution < 1.29 is 4.79 Å². The zero-order chi connectivity index (χ0) is 13.4. The highest BCUT2D eigenvalue weighted by molar-refractivity contribution is 7.14. The molecule has 0 fully saturated rings. The average Bonchev–Trinajstić information content (AvgIpc) is 2.76. The number of hydrogen-bond acceptors (Lipinski definition) is 3. The standard InChI is InChI=1S/C16H13NOS/c1-10-16(19-11(2)17-10)15(18)14-8-7-12-5-3-4-6-13(12)9-14/h3-9H,1-2H3. The van der Waals surface area contributed by atoms with Crippen LogP contribution in [-0.4, -0.2) is 10.8 Å². The van der Waals surface area contributed by atoms with Crippen LogP contribution in [0.25, 0.3) is 10.8 Å². The third-order valence-electron chi connectivity index (χ3n) is 3.12. The third-order valence-corrected chi connectivity index (χ3v) is 4.19. The van der Waals surface area contributed by atoms with Crippen molar-refractivity contribution in [2.24, 2.45) is 0 Å². The second-order valence-electron chi connectivity index (χ2n) is 4.54. The minimum atomic E-state index is 0.0638. The molecule has 19 heavy (non-hydrogen) atoms. The molecule has 0 saturated heterocycles. The van der Waals surface area contributed by atoms with E-state index in [2.05, 4.69) is 4.98 Å². The van der Waals surface area contributed by atoms with Gasteiger partial charge in [-0.3, -0.25) is 4.79 Å². The van der Waals surface area contributed by atoms with Gasteiger partial charge in [-0.1, -0.05) is 36.4 Å². The van der Waals surface area contributed by atoms with Crippen LogP contribution in [0.1, 0.15) is 25.9 Å². The molecule has 0 saturated carbocycles. The van der Waals surface area contributed by atoms with Gasteiger partial charge in [0.25, 0.3) is 0 Å². The van der Waals surface area contributed by atoms with Crippen LogP contribution in [0.15, 0.2) is 42.5 Å². The fourth-order valence-electron chi connectivity index (χ4n) is 2.20. The van der Waals surface area contributed by atoms with Crippen LogP contribution in [0.3, 0.4) is 0 Å². The molecule has 2 aromatic carbocycles. The highest BCUT2D eigenvalue weighted by Gasteiger charge is 2.15. The molecule has 0 N–H and O–H groups in total. The smallest absolute Gasteiger partial charge is 0.204 e. The van der Waals surface area contributed by atoms with Gasteiger partial charge in [-0.2, -0.15) is 0 Å². The van der Waals surface area contributed by atoms with Gasteiger partial charge in [0.2, 0.25) is 5.78 Å². The fraction of sp³-hybridized carbons (Fsp3) is 0.125. The molecule has 0 aliphatic heterocycles. The summed E-state index contributed by atoms with van der Waals surface area (Å²) < 4.78 is 0. The Morgan fingerprint density at radius 3 is 2.47 bits per heavy atom. The zero-order valence-corrected chi connectivity index (χ0v) is 11.6. The number of fused-ring (bicyclic) bond motifs is 1. The monoisotopic (exact) mass is 267 g/mol. The predicted octanol–water partition coefficient (Wildman–Crippen LogP) is 4.14. The molecule has 0 amide bonds. The zero-order valence-electron chi connectivity index (χ0n) is 10.8. The second-order valence-corrected chi connectivity index (χ2v) is 5.74. The summed E-state index contributed by atoms with van der Waals surface area (Å²) in [6.45, 7) is 3.81. The maximum atomic E-state index is 12.5. The summed E-state index contributed by atoms with van der Waals surface area (Å²) in [6.07, 6.45) is 0. The molecule has 0 atom stereocenters. The Hall–Kier alpha value is -2.00. The number of aromatic nitrogens is 1. The van der Waals surface area contributed by atoms with E-state index in [4.69, 9.17) is 0 Å². The number of carbonyl (C=O) groups excluding carboxylic acids is 1. The number of hydrogen-bond donors (Lipinski definition) is 0. The van der Waals surface area contributed by atoms with Crippen molar-refractivity contribution in [3.05, 3.63) is 63.6 Å². The quantitative estimate of drug-likeness (QED) is 0.653. The molecule has 0 unspecified atom stereocenters. The Morgan fingerprint density at radius 1 is 1.05 bits per heavy atom. The summed E-state index contributed by atoms with van der Waals surface area (Å²) in [7, 11) is 0. The summed E-state index contributed by atoms with van der Waals surface area (Å²) >= 11 is 1.46. The number of thiazole rings is 1. The van der Waals surface area contributed by atoms with E-state index in [9.17, 15) is 4.79 Å². The molecule has 1 heterocycles. The Labute approximate surface area is 115 Å². The molecule has 94 valence electrons. The number of nitrogens with zero attached hydrogens (tertiary/aromatic N) is 1. The number of ketones is 1. The molecule has 0 aliphatic rings. The normalized spacial score (nSPS) is 10.8. The van der Waals surface area contributed by atoms with E-state index >= 15 is 0 Å². The molecule has 0 aliphatic carbocycles. The van der Waals surface area contributed by atoms with Crippen molar-refractivity contribution in [1.82, 2.24) is 4.98 Å². The van der Waals surface area contributed by atoms with Gasteiger partial charge in [-0.15, -0.1) is 11.3 Å². The maximum Gasteiger partial charge on any atom is 0.204 e. The van der Waals surface area contributed by atoms with E-state index in [1.54, 1.807) is 0 Å². The Kier molecular flexibility index (Phi) is 2.91. The van der Waals surface area contributed by atoms with E-state index < -0.39 is 0 Å². The molecule has 3 heteroatoms. The number of rotatable bonds is 2. The highest BCUT2D eigenvalue weighted by Crippen LogP contribution is 2.23. The van der Waals surface area contributed by atoms with E-state index in [1.807, 2.05) is 56.3 Å². The van der Waals surface area contributed by atoms with Crippen molar-refractivity contribution in [3.63, 3.8) is 0 Å². The first-order valence-corrected chi connectivity index (χ1v) is 6.94. The fourth-order valence-corrected chi connectivity index (χ4v) is 3.09. The minimum absolute atomic E-state index is 0.0638. The summed E-state index contributed by atoms with van der Waals surface area (Å²) in [6, 6.07) is 13.9. The molecule has 0 bridgehead atoms. The number of benzene rings is 2. The molecule has 3 rings (SSSR count). The van der Waals surface area contributed by atoms with Gasteiger partial charge < -0.3 is 0 Å². The first kappa shape index (κ1) is 12.1. The summed E-state index contributed by atoms with van der Waals surface area (Å²) in [5.41, 5.74) is 1.55. The molecule has 3 aromatic rings. The van der Waals surface area contributed by atoms with Crippen molar-refractivity contribution in [2.45, 2.75) is 13.8 Å². The van der Waals surface area contributed by atoms with Crippen LogP contribution in [0, 0.1) is 13.8 Å². The minimum Gasteiger partial charge on any atom is -0.288 e. The van der Waals surface area contributed by atoms with Crippen LogP contribution in [0.2, 0.25) is 0 Å². The molecule has 0 radical (unpaired) electrons. The first-order valence-electron chi connectivity index (χ1n) is 6.12. The highest BCUT2D eigenvalue weighted by atomic mass is 32.1. The van der Waals surface area contributed by atoms with Gasteiger partial charge in [0.1, 0.15) is 0 Å². The molecule has 0 spiro atoms. The average molecular weight is 267 g/mol. The van der Waals surface area contributed by atoms with Gasteiger partial charge in [0.15, 0.2) is 0 Å². The largest absolute Gasteiger partial charge is 0.288 e. The summed E-state index contributed by atoms with van der Waals surface area (Å²) in [5.74, 6) is 0.0638. The number of carbonyl (C=O) groups is 1. The van der Waals surface area contributed by atoms with E-state index in [0.717, 1.165) is 31.9 Å². The van der Waals surface area contributed by atoms with Gasteiger partial charge in [-0.25, -0.2) is 4.98 Å². The molecule has 1 aromatic heterocycles. The molecular weight excluding hydrogens is 254 g/mol. The van der Waals surface area contributed by atoms with Crippen LogP contribution >= 0.6 is 11.3 Å². The summed E-state index contributed by atoms with van der Waals surface area (Å²) in [5, 5.41) is 3.17. The van der Waals surface area contributed by atoms with E-state index in [0.29, 0.717) is 0 Å². The van der Waals surface area contributed by atoms with Crippen LogP contribution in [0.4, 0.5) is 0 Å². The van der Waals surface area contributed by atoms with E-state index in [1.165, 1.54) is 11.3 Å². The lowest BCUT2D eigenvalue weighted by atomic mass is 10.0. The lowest BCUT2D eigenvalue weighted by Crippen LogP contribution is -2.00.